The summed E-state index contributed by atoms with van der Waals surface area (Å²) in [5.41, 5.74) is 1.02. The number of aryl methyl sites for hydroxylation is 1. The number of nitrogens with zero attached hydrogens (tertiary/aromatic N) is 3. The van der Waals surface area contributed by atoms with E-state index in [0.717, 1.165) is 0 Å². The molecule has 3 rings (SSSR count). The second kappa shape index (κ2) is 6.83. The zero-order valence-electron chi connectivity index (χ0n) is 14.1. The summed E-state index contributed by atoms with van der Waals surface area (Å²) in [6, 6.07) is 4.73. The number of aromatic nitrogens is 3. The number of hydrogen-bond donors (Lipinski definition) is 1. The van der Waals surface area contributed by atoms with Crippen LogP contribution in [0, 0.1) is 6.92 Å². The Bertz CT molecular complexity index is 891. The van der Waals surface area contributed by atoms with Gasteiger partial charge in [-0.25, -0.2) is 18.1 Å². The molecule has 1 amide bonds. The molecule has 0 aromatic carbocycles. The number of carbonyl (C=O) groups is 1. The minimum Gasteiger partial charge on any atom is -0.477 e. The first-order chi connectivity index (χ1) is 11.9. The van der Waals surface area contributed by atoms with Crippen molar-refractivity contribution >= 4 is 21.6 Å². The average molecular weight is 364 g/mol. The minimum atomic E-state index is -3.05. The highest BCUT2D eigenvalue weighted by Crippen LogP contribution is 2.27. The second-order valence-electron chi connectivity index (χ2n) is 5.92. The zero-order valence-corrected chi connectivity index (χ0v) is 14.9. The SMILES string of the molecule is CCOc1ncccc1C(=O)Nc1cc(C)nn1C1CCS(=O)(=O)C1. The molecule has 134 valence electrons. The molecule has 3 heterocycles. The molecule has 0 spiro atoms. The molecule has 25 heavy (non-hydrogen) atoms. The van der Waals surface area contributed by atoms with Crippen molar-refractivity contribution in [2.45, 2.75) is 26.3 Å². The van der Waals surface area contributed by atoms with E-state index in [-0.39, 0.29) is 29.3 Å². The molecule has 9 heteroatoms. The Morgan fingerprint density at radius 1 is 1.48 bits per heavy atom. The van der Waals surface area contributed by atoms with Crippen LogP contribution in [0.4, 0.5) is 5.82 Å². The van der Waals surface area contributed by atoms with E-state index in [1.54, 1.807) is 36.0 Å². The van der Waals surface area contributed by atoms with E-state index in [2.05, 4.69) is 15.4 Å². The van der Waals surface area contributed by atoms with Crippen LogP contribution in [-0.2, 0) is 9.84 Å². The normalized spacial score (nSPS) is 18.9. The summed E-state index contributed by atoms with van der Waals surface area (Å²) < 4.78 is 30.5. The Hall–Kier alpha value is -2.42. The molecule has 2 aromatic rings. The summed E-state index contributed by atoms with van der Waals surface area (Å²) in [4.78, 5) is 16.7. The van der Waals surface area contributed by atoms with Crippen LogP contribution in [0.2, 0.25) is 0 Å². The Morgan fingerprint density at radius 3 is 2.96 bits per heavy atom. The lowest BCUT2D eigenvalue weighted by molar-refractivity contribution is 0.102. The fourth-order valence-electron chi connectivity index (χ4n) is 2.86. The molecule has 2 aromatic heterocycles. The van der Waals surface area contributed by atoms with Crippen molar-refractivity contribution in [2.24, 2.45) is 0 Å². The van der Waals surface area contributed by atoms with Gasteiger partial charge in [0.1, 0.15) is 11.4 Å². The molecule has 1 aliphatic heterocycles. The van der Waals surface area contributed by atoms with Crippen LogP contribution in [0.5, 0.6) is 5.88 Å². The molecule has 0 aliphatic carbocycles. The van der Waals surface area contributed by atoms with Gasteiger partial charge in [-0.05, 0) is 32.4 Å². The first-order valence-corrected chi connectivity index (χ1v) is 9.87. The van der Waals surface area contributed by atoms with Gasteiger partial charge in [-0.2, -0.15) is 5.10 Å². The van der Waals surface area contributed by atoms with Crippen LogP contribution in [0.15, 0.2) is 24.4 Å². The highest BCUT2D eigenvalue weighted by Gasteiger charge is 2.31. The highest BCUT2D eigenvalue weighted by atomic mass is 32.2. The summed E-state index contributed by atoms with van der Waals surface area (Å²) in [6.07, 6.45) is 2.04. The van der Waals surface area contributed by atoms with Gasteiger partial charge in [-0.3, -0.25) is 4.79 Å². The van der Waals surface area contributed by atoms with E-state index < -0.39 is 9.84 Å². The Labute approximate surface area is 146 Å². The molecule has 0 radical (unpaired) electrons. The summed E-state index contributed by atoms with van der Waals surface area (Å²) >= 11 is 0. The van der Waals surface area contributed by atoms with Gasteiger partial charge in [0, 0.05) is 12.3 Å². The smallest absolute Gasteiger partial charge is 0.262 e. The molecule has 1 fully saturated rings. The van der Waals surface area contributed by atoms with E-state index >= 15 is 0 Å². The largest absolute Gasteiger partial charge is 0.477 e. The van der Waals surface area contributed by atoms with Gasteiger partial charge in [-0.15, -0.1) is 0 Å². The number of anilines is 1. The molecule has 1 aliphatic rings. The molecular weight excluding hydrogens is 344 g/mol. The van der Waals surface area contributed by atoms with Crippen LogP contribution in [0.1, 0.15) is 35.4 Å². The van der Waals surface area contributed by atoms with Gasteiger partial charge in [0.25, 0.3) is 5.91 Å². The van der Waals surface area contributed by atoms with Crippen molar-refractivity contribution in [3.63, 3.8) is 0 Å². The predicted molar refractivity (Wildman–Crippen MR) is 92.6 cm³/mol. The number of rotatable bonds is 5. The van der Waals surface area contributed by atoms with Crippen LogP contribution in [0.3, 0.4) is 0 Å². The van der Waals surface area contributed by atoms with Crippen molar-refractivity contribution in [2.75, 3.05) is 23.4 Å². The standard InChI is InChI=1S/C16H20N4O4S/c1-3-24-16-13(5-4-7-17-16)15(21)18-14-9-11(2)19-20(14)12-6-8-25(22,23)10-12/h4-5,7,9,12H,3,6,8,10H2,1-2H3,(H,18,21). The Balaban J connectivity index is 1.85. The molecule has 8 nitrogen and oxygen atoms in total. The third kappa shape index (κ3) is 3.81. The number of nitrogens with one attached hydrogen (secondary N) is 1. The molecular formula is C16H20N4O4S. The van der Waals surface area contributed by atoms with E-state index in [9.17, 15) is 13.2 Å². The van der Waals surface area contributed by atoms with Gasteiger partial charge < -0.3 is 10.1 Å². The average Bonchev–Trinajstić information content (AvgIpc) is 3.10. The summed E-state index contributed by atoms with van der Waals surface area (Å²) in [6.45, 7) is 4.01. The predicted octanol–water partition coefficient (Wildman–Crippen LogP) is 1.60. The molecule has 1 atom stereocenters. The molecule has 1 N–H and O–H groups in total. The molecule has 0 bridgehead atoms. The second-order valence-corrected chi connectivity index (χ2v) is 8.14. The maximum atomic E-state index is 12.6. The van der Waals surface area contributed by atoms with Crippen LogP contribution in [0.25, 0.3) is 0 Å². The molecule has 1 saturated heterocycles. The van der Waals surface area contributed by atoms with Crippen molar-refractivity contribution in [1.82, 2.24) is 14.8 Å². The number of ether oxygens (including phenoxy) is 1. The number of pyridine rings is 1. The van der Waals surface area contributed by atoms with E-state index in [4.69, 9.17) is 4.74 Å². The number of sulfone groups is 1. The number of hydrogen-bond acceptors (Lipinski definition) is 6. The minimum absolute atomic E-state index is 0.0358. The van der Waals surface area contributed by atoms with Gasteiger partial charge in [0.2, 0.25) is 5.88 Å². The summed E-state index contributed by atoms with van der Waals surface area (Å²) in [5, 5.41) is 7.15. The summed E-state index contributed by atoms with van der Waals surface area (Å²) in [7, 11) is -3.05. The van der Waals surface area contributed by atoms with Crippen molar-refractivity contribution in [3.8, 4) is 5.88 Å². The third-order valence-corrected chi connectivity index (χ3v) is 5.70. The lowest BCUT2D eigenvalue weighted by atomic mass is 10.2. The topological polar surface area (TPSA) is 103 Å². The monoisotopic (exact) mass is 364 g/mol. The third-order valence-electron chi connectivity index (χ3n) is 3.95. The van der Waals surface area contributed by atoms with Crippen molar-refractivity contribution in [3.05, 3.63) is 35.7 Å². The van der Waals surface area contributed by atoms with Gasteiger partial charge in [0.15, 0.2) is 9.84 Å². The lowest BCUT2D eigenvalue weighted by Crippen LogP contribution is -2.20. The quantitative estimate of drug-likeness (QED) is 0.864. The molecule has 0 saturated carbocycles. The van der Waals surface area contributed by atoms with Crippen LogP contribution < -0.4 is 10.1 Å². The van der Waals surface area contributed by atoms with Crippen molar-refractivity contribution < 1.29 is 17.9 Å². The first kappa shape index (κ1) is 17.4. The maximum absolute atomic E-state index is 12.6. The maximum Gasteiger partial charge on any atom is 0.262 e. The first-order valence-electron chi connectivity index (χ1n) is 8.05. The Kier molecular flexibility index (Phi) is 4.76. The fourth-order valence-corrected chi connectivity index (χ4v) is 4.55. The van der Waals surface area contributed by atoms with E-state index in [1.807, 2.05) is 6.92 Å². The summed E-state index contributed by atoms with van der Waals surface area (Å²) in [5.74, 6) is 0.526. The van der Waals surface area contributed by atoms with Crippen molar-refractivity contribution in [1.29, 1.82) is 0 Å². The fraction of sp³-hybridized carbons (Fsp3) is 0.438. The van der Waals surface area contributed by atoms with E-state index in [1.165, 1.54) is 0 Å². The van der Waals surface area contributed by atoms with Gasteiger partial charge in [-0.1, -0.05) is 0 Å². The number of amides is 1. The Morgan fingerprint density at radius 2 is 2.28 bits per heavy atom. The van der Waals surface area contributed by atoms with Gasteiger partial charge in [0.05, 0.1) is 29.8 Å². The van der Waals surface area contributed by atoms with E-state index in [0.29, 0.717) is 30.1 Å². The van der Waals surface area contributed by atoms with Crippen LogP contribution in [-0.4, -0.2) is 47.2 Å². The highest BCUT2D eigenvalue weighted by molar-refractivity contribution is 7.91. The number of carbonyl (C=O) groups excluding carboxylic acids is 1. The molecule has 1 unspecified atom stereocenters. The van der Waals surface area contributed by atoms with Gasteiger partial charge >= 0.3 is 0 Å². The van der Waals surface area contributed by atoms with Crippen LogP contribution >= 0.6 is 0 Å². The lowest BCUT2D eigenvalue weighted by Gasteiger charge is -2.14. The zero-order chi connectivity index (χ0) is 18.0.